The van der Waals surface area contributed by atoms with Crippen molar-refractivity contribution < 1.29 is 14.3 Å². The minimum absolute atomic E-state index is 0.0420. The van der Waals surface area contributed by atoms with Crippen LogP contribution in [0.4, 0.5) is 0 Å². The van der Waals surface area contributed by atoms with E-state index in [0.717, 1.165) is 11.1 Å². The van der Waals surface area contributed by atoms with Gasteiger partial charge in [0.2, 0.25) is 0 Å². The Morgan fingerprint density at radius 3 is 2.55 bits per heavy atom. The number of benzene rings is 2. The summed E-state index contributed by atoms with van der Waals surface area (Å²) in [7, 11) is 1.38. The van der Waals surface area contributed by atoms with E-state index in [9.17, 15) is 9.59 Å². The van der Waals surface area contributed by atoms with Crippen molar-refractivity contribution in [3.8, 4) is 0 Å². The van der Waals surface area contributed by atoms with E-state index < -0.39 is 5.92 Å². The summed E-state index contributed by atoms with van der Waals surface area (Å²) in [6, 6.07) is 17.0. The first-order chi connectivity index (χ1) is 10.7. The van der Waals surface area contributed by atoms with E-state index in [2.05, 4.69) is 0 Å². The molecule has 1 heterocycles. The van der Waals surface area contributed by atoms with Gasteiger partial charge in [0.25, 0.3) is 5.91 Å². The zero-order valence-corrected chi connectivity index (χ0v) is 12.4. The number of hydrogen-bond acceptors (Lipinski definition) is 3. The van der Waals surface area contributed by atoms with Crippen molar-refractivity contribution in [1.82, 2.24) is 4.90 Å². The molecular weight excluding hydrogens is 278 g/mol. The summed E-state index contributed by atoms with van der Waals surface area (Å²) in [6.45, 7) is 0.832. The van der Waals surface area contributed by atoms with E-state index in [0.29, 0.717) is 18.7 Å². The fourth-order valence-electron chi connectivity index (χ4n) is 2.85. The molecule has 4 nitrogen and oxygen atoms in total. The number of ether oxygens (including phenoxy) is 1. The summed E-state index contributed by atoms with van der Waals surface area (Å²) in [5, 5.41) is 0. The maximum absolute atomic E-state index is 12.7. The van der Waals surface area contributed by atoms with E-state index in [1.165, 1.54) is 7.11 Å². The highest BCUT2D eigenvalue weighted by Gasteiger charge is 2.35. The standard InChI is InChI=1S/C18H17NO3/c1-22-18(21)16-12-19(11-13-7-3-2-4-8-13)17(20)15-10-6-5-9-14(15)16/h2-10,16H,11-12H2,1H3. The van der Waals surface area contributed by atoms with Crippen LogP contribution < -0.4 is 0 Å². The van der Waals surface area contributed by atoms with Crippen molar-refractivity contribution >= 4 is 11.9 Å². The minimum Gasteiger partial charge on any atom is -0.468 e. The second-order valence-electron chi connectivity index (χ2n) is 5.33. The van der Waals surface area contributed by atoms with Crippen LogP contribution in [0.25, 0.3) is 0 Å². The van der Waals surface area contributed by atoms with Gasteiger partial charge in [-0.15, -0.1) is 0 Å². The molecule has 1 unspecified atom stereocenters. The third-order valence-electron chi connectivity index (χ3n) is 3.96. The number of fused-ring (bicyclic) bond motifs is 1. The molecule has 0 radical (unpaired) electrons. The lowest BCUT2D eigenvalue weighted by Crippen LogP contribution is -2.42. The van der Waals surface area contributed by atoms with Crippen molar-refractivity contribution in [2.75, 3.05) is 13.7 Å². The Labute approximate surface area is 129 Å². The molecule has 3 rings (SSSR count). The van der Waals surface area contributed by atoms with Gasteiger partial charge in [0, 0.05) is 18.7 Å². The molecule has 22 heavy (non-hydrogen) atoms. The summed E-state index contributed by atoms with van der Waals surface area (Å²) in [4.78, 5) is 26.4. The molecule has 0 bridgehead atoms. The summed E-state index contributed by atoms with van der Waals surface area (Å²) in [5.41, 5.74) is 2.38. The highest BCUT2D eigenvalue weighted by Crippen LogP contribution is 2.30. The van der Waals surface area contributed by atoms with Gasteiger partial charge in [0.1, 0.15) is 5.92 Å². The zero-order valence-electron chi connectivity index (χ0n) is 12.4. The molecule has 4 heteroatoms. The molecule has 112 valence electrons. The molecular formula is C18H17NO3. The normalized spacial score (nSPS) is 17.0. The molecule has 1 atom stereocenters. The number of carbonyl (C=O) groups excluding carboxylic acids is 2. The van der Waals surface area contributed by atoms with Crippen molar-refractivity contribution in [2.24, 2.45) is 0 Å². The molecule has 1 amide bonds. The van der Waals surface area contributed by atoms with Gasteiger partial charge in [-0.05, 0) is 17.2 Å². The molecule has 2 aromatic carbocycles. The topological polar surface area (TPSA) is 46.6 Å². The van der Waals surface area contributed by atoms with Crippen LogP contribution in [-0.4, -0.2) is 30.4 Å². The Morgan fingerprint density at radius 1 is 1.14 bits per heavy atom. The Balaban J connectivity index is 1.94. The largest absolute Gasteiger partial charge is 0.468 e. The van der Waals surface area contributed by atoms with Gasteiger partial charge in [-0.25, -0.2) is 0 Å². The van der Waals surface area contributed by atoms with Crippen molar-refractivity contribution in [3.63, 3.8) is 0 Å². The SMILES string of the molecule is COC(=O)C1CN(Cc2ccccc2)C(=O)c2ccccc21. The van der Waals surface area contributed by atoms with E-state index in [-0.39, 0.29) is 11.9 Å². The lowest BCUT2D eigenvalue weighted by Gasteiger charge is -2.33. The molecule has 0 aliphatic carbocycles. The van der Waals surface area contributed by atoms with Gasteiger partial charge in [-0.1, -0.05) is 48.5 Å². The van der Waals surface area contributed by atoms with Gasteiger partial charge >= 0.3 is 5.97 Å². The van der Waals surface area contributed by atoms with E-state index in [4.69, 9.17) is 4.74 Å². The molecule has 0 aromatic heterocycles. The van der Waals surface area contributed by atoms with Crippen molar-refractivity contribution in [2.45, 2.75) is 12.5 Å². The molecule has 0 spiro atoms. The van der Waals surface area contributed by atoms with Crippen LogP contribution in [0.5, 0.6) is 0 Å². The number of esters is 1. The maximum Gasteiger partial charge on any atom is 0.314 e. The number of amides is 1. The van der Waals surface area contributed by atoms with Gasteiger partial charge in [0.15, 0.2) is 0 Å². The van der Waals surface area contributed by atoms with Crippen LogP contribution in [0.2, 0.25) is 0 Å². The summed E-state index contributed by atoms with van der Waals surface area (Å²) in [5.74, 6) is -0.778. The highest BCUT2D eigenvalue weighted by atomic mass is 16.5. The van der Waals surface area contributed by atoms with E-state index in [1.54, 1.807) is 11.0 Å². The second-order valence-corrected chi connectivity index (χ2v) is 5.33. The first-order valence-corrected chi connectivity index (χ1v) is 7.20. The summed E-state index contributed by atoms with van der Waals surface area (Å²) in [6.07, 6.45) is 0. The lowest BCUT2D eigenvalue weighted by molar-refractivity contribution is -0.142. The Kier molecular flexibility index (Phi) is 3.92. The van der Waals surface area contributed by atoms with Gasteiger partial charge in [0.05, 0.1) is 7.11 Å². The highest BCUT2D eigenvalue weighted by molar-refractivity contribution is 5.99. The van der Waals surface area contributed by atoms with E-state index in [1.807, 2.05) is 48.5 Å². The third-order valence-corrected chi connectivity index (χ3v) is 3.96. The molecule has 0 fully saturated rings. The molecule has 0 N–H and O–H groups in total. The number of carbonyl (C=O) groups is 2. The Hall–Kier alpha value is -2.62. The fourth-order valence-corrected chi connectivity index (χ4v) is 2.85. The number of nitrogens with zero attached hydrogens (tertiary/aromatic N) is 1. The molecule has 1 aliphatic heterocycles. The smallest absolute Gasteiger partial charge is 0.314 e. The molecule has 0 saturated heterocycles. The Bertz CT molecular complexity index is 696. The third kappa shape index (κ3) is 2.60. The van der Waals surface area contributed by atoms with E-state index >= 15 is 0 Å². The van der Waals surface area contributed by atoms with Crippen LogP contribution in [-0.2, 0) is 16.1 Å². The quantitative estimate of drug-likeness (QED) is 0.818. The summed E-state index contributed by atoms with van der Waals surface area (Å²) < 4.78 is 4.90. The van der Waals surface area contributed by atoms with Crippen LogP contribution in [0.1, 0.15) is 27.4 Å². The Morgan fingerprint density at radius 2 is 1.82 bits per heavy atom. The number of rotatable bonds is 3. The summed E-state index contributed by atoms with van der Waals surface area (Å²) >= 11 is 0. The molecule has 2 aromatic rings. The second kappa shape index (κ2) is 6.02. The van der Waals surface area contributed by atoms with Crippen LogP contribution in [0, 0.1) is 0 Å². The average molecular weight is 295 g/mol. The number of hydrogen-bond donors (Lipinski definition) is 0. The monoisotopic (exact) mass is 295 g/mol. The van der Waals surface area contributed by atoms with Crippen molar-refractivity contribution in [3.05, 3.63) is 71.3 Å². The fraction of sp³-hybridized carbons (Fsp3) is 0.222. The van der Waals surface area contributed by atoms with Gasteiger partial charge in [-0.2, -0.15) is 0 Å². The maximum atomic E-state index is 12.7. The first-order valence-electron chi connectivity index (χ1n) is 7.20. The number of methoxy groups -OCH3 is 1. The molecule has 1 aliphatic rings. The average Bonchev–Trinajstić information content (AvgIpc) is 2.58. The van der Waals surface area contributed by atoms with Crippen LogP contribution in [0.15, 0.2) is 54.6 Å². The lowest BCUT2D eigenvalue weighted by atomic mass is 9.89. The van der Waals surface area contributed by atoms with Gasteiger partial charge in [-0.3, -0.25) is 9.59 Å². The zero-order chi connectivity index (χ0) is 15.5. The van der Waals surface area contributed by atoms with Crippen molar-refractivity contribution in [1.29, 1.82) is 0 Å². The predicted molar refractivity (Wildman–Crippen MR) is 82.4 cm³/mol. The first kappa shape index (κ1) is 14.3. The molecule has 0 saturated carbocycles. The van der Waals surface area contributed by atoms with Gasteiger partial charge < -0.3 is 9.64 Å². The van der Waals surface area contributed by atoms with Crippen LogP contribution >= 0.6 is 0 Å². The van der Waals surface area contributed by atoms with Crippen LogP contribution in [0.3, 0.4) is 0 Å². The predicted octanol–water partition coefficient (Wildman–Crippen LogP) is 2.60. The minimum atomic E-state index is -0.428.